The summed E-state index contributed by atoms with van der Waals surface area (Å²) in [6.07, 6.45) is 3.08. The van der Waals surface area contributed by atoms with Gasteiger partial charge in [0, 0.05) is 30.2 Å². The van der Waals surface area contributed by atoms with E-state index in [0.717, 1.165) is 41.8 Å². The van der Waals surface area contributed by atoms with Gasteiger partial charge in [0.25, 0.3) is 0 Å². The summed E-state index contributed by atoms with van der Waals surface area (Å²) in [4.78, 5) is 13.5. The Hall–Kier alpha value is -2.03. The summed E-state index contributed by atoms with van der Waals surface area (Å²) >= 11 is 0. The average molecular weight is 269 g/mol. The molecule has 1 N–H and O–H groups in total. The first-order valence-corrected chi connectivity index (χ1v) is 7.15. The molecule has 0 atom stereocenters. The number of benzene rings is 2. The second-order valence-electron chi connectivity index (χ2n) is 5.66. The zero-order valence-electron chi connectivity index (χ0n) is 11.7. The molecule has 1 saturated heterocycles. The van der Waals surface area contributed by atoms with Crippen LogP contribution in [-0.4, -0.2) is 24.5 Å². The van der Waals surface area contributed by atoms with Gasteiger partial charge in [-0.25, -0.2) is 0 Å². The summed E-state index contributed by atoms with van der Waals surface area (Å²) in [5, 5.41) is 12.0. The number of aldehydes is 1. The maximum Gasteiger partial charge on any atom is 0.154 e. The minimum atomic E-state index is 0.0762. The Bertz CT molecular complexity index is 643. The first kappa shape index (κ1) is 13.0. The number of hydrogen-bond donors (Lipinski definition) is 1. The van der Waals surface area contributed by atoms with Gasteiger partial charge in [0.05, 0.1) is 5.56 Å². The monoisotopic (exact) mass is 269 g/mol. The van der Waals surface area contributed by atoms with Crippen LogP contribution >= 0.6 is 0 Å². The Morgan fingerprint density at radius 3 is 2.50 bits per heavy atom. The van der Waals surface area contributed by atoms with Gasteiger partial charge >= 0.3 is 0 Å². The van der Waals surface area contributed by atoms with Crippen LogP contribution < -0.4 is 4.90 Å². The maximum absolute atomic E-state index is 11.2. The number of rotatable bonds is 2. The van der Waals surface area contributed by atoms with E-state index < -0.39 is 0 Å². The molecule has 1 heterocycles. The zero-order valence-corrected chi connectivity index (χ0v) is 11.7. The molecule has 0 aromatic heterocycles. The molecule has 0 radical (unpaired) electrons. The van der Waals surface area contributed by atoms with Gasteiger partial charge in [-0.05, 0) is 24.1 Å². The van der Waals surface area contributed by atoms with Crippen molar-refractivity contribution in [1.29, 1.82) is 0 Å². The lowest BCUT2D eigenvalue weighted by Gasteiger charge is -2.33. The molecule has 2 aromatic rings. The van der Waals surface area contributed by atoms with E-state index in [4.69, 9.17) is 0 Å². The molecule has 0 unspecified atom stereocenters. The third-order valence-corrected chi connectivity index (χ3v) is 4.28. The SMILES string of the molecule is CC1CCN(c2cc(O)c(C=O)c3ccccc23)CC1. The van der Waals surface area contributed by atoms with E-state index in [1.807, 2.05) is 24.3 Å². The Labute approximate surface area is 118 Å². The number of carbonyl (C=O) groups is 1. The van der Waals surface area contributed by atoms with E-state index in [9.17, 15) is 9.90 Å². The van der Waals surface area contributed by atoms with E-state index in [-0.39, 0.29) is 5.75 Å². The van der Waals surface area contributed by atoms with E-state index in [1.54, 1.807) is 6.07 Å². The lowest BCUT2D eigenvalue weighted by Crippen LogP contribution is -2.32. The molecule has 104 valence electrons. The molecule has 1 fully saturated rings. The van der Waals surface area contributed by atoms with Crippen LogP contribution in [0.2, 0.25) is 0 Å². The second kappa shape index (κ2) is 5.16. The lowest BCUT2D eigenvalue weighted by atomic mass is 9.96. The van der Waals surface area contributed by atoms with Crippen LogP contribution in [0, 0.1) is 5.92 Å². The number of piperidine rings is 1. The van der Waals surface area contributed by atoms with Crippen LogP contribution in [0.4, 0.5) is 5.69 Å². The molecule has 0 amide bonds. The summed E-state index contributed by atoms with van der Waals surface area (Å²) in [6, 6.07) is 9.53. The van der Waals surface area contributed by atoms with E-state index >= 15 is 0 Å². The van der Waals surface area contributed by atoms with Crippen molar-refractivity contribution in [2.75, 3.05) is 18.0 Å². The number of nitrogens with zero attached hydrogens (tertiary/aromatic N) is 1. The predicted molar refractivity (Wildman–Crippen MR) is 81.6 cm³/mol. The van der Waals surface area contributed by atoms with Gasteiger partial charge in [-0.2, -0.15) is 0 Å². The maximum atomic E-state index is 11.2. The number of phenolic OH excluding ortho intramolecular Hbond substituents is 1. The van der Waals surface area contributed by atoms with Crippen LogP contribution in [-0.2, 0) is 0 Å². The van der Waals surface area contributed by atoms with Gasteiger partial charge in [0.1, 0.15) is 5.75 Å². The minimum absolute atomic E-state index is 0.0762. The van der Waals surface area contributed by atoms with Crippen molar-refractivity contribution in [3.8, 4) is 5.75 Å². The van der Waals surface area contributed by atoms with Crippen LogP contribution in [0.5, 0.6) is 5.75 Å². The highest BCUT2D eigenvalue weighted by Gasteiger charge is 2.20. The molecule has 3 rings (SSSR count). The number of hydrogen-bond acceptors (Lipinski definition) is 3. The molecule has 0 spiro atoms. The highest BCUT2D eigenvalue weighted by atomic mass is 16.3. The van der Waals surface area contributed by atoms with Crippen LogP contribution in [0.3, 0.4) is 0 Å². The molecule has 0 bridgehead atoms. The fourth-order valence-electron chi connectivity index (χ4n) is 3.00. The van der Waals surface area contributed by atoms with Crippen molar-refractivity contribution < 1.29 is 9.90 Å². The molecule has 1 aliphatic rings. The molecule has 0 aliphatic carbocycles. The summed E-state index contributed by atoms with van der Waals surface area (Å²) in [6.45, 7) is 4.29. The molecule has 3 heteroatoms. The molecular formula is C17H19NO2. The van der Waals surface area contributed by atoms with Gasteiger partial charge in [0.15, 0.2) is 6.29 Å². The summed E-state index contributed by atoms with van der Waals surface area (Å²) in [5.74, 6) is 0.840. The standard InChI is InChI=1S/C17H19NO2/c1-12-6-8-18(9-7-12)16-10-17(20)15(11-19)13-4-2-3-5-14(13)16/h2-5,10-12,20H,6-9H2,1H3. The smallest absolute Gasteiger partial charge is 0.154 e. The van der Waals surface area contributed by atoms with Crippen molar-refractivity contribution in [2.24, 2.45) is 5.92 Å². The van der Waals surface area contributed by atoms with E-state index in [2.05, 4.69) is 11.8 Å². The highest BCUT2D eigenvalue weighted by molar-refractivity contribution is 6.06. The lowest BCUT2D eigenvalue weighted by molar-refractivity contribution is 0.112. The largest absolute Gasteiger partial charge is 0.507 e. The third-order valence-electron chi connectivity index (χ3n) is 4.28. The van der Waals surface area contributed by atoms with E-state index in [1.165, 1.54) is 12.8 Å². The fraction of sp³-hybridized carbons (Fsp3) is 0.353. The van der Waals surface area contributed by atoms with Crippen molar-refractivity contribution in [1.82, 2.24) is 0 Å². The van der Waals surface area contributed by atoms with Crippen LogP contribution in [0.15, 0.2) is 30.3 Å². The Kier molecular flexibility index (Phi) is 3.35. The fourth-order valence-corrected chi connectivity index (χ4v) is 3.00. The number of carbonyl (C=O) groups excluding carboxylic acids is 1. The van der Waals surface area contributed by atoms with Gasteiger partial charge in [-0.3, -0.25) is 4.79 Å². The number of aromatic hydroxyl groups is 1. The van der Waals surface area contributed by atoms with Crippen LogP contribution in [0.25, 0.3) is 10.8 Å². The predicted octanol–water partition coefficient (Wildman–Crippen LogP) is 3.59. The van der Waals surface area contributed by atoms with Gasteiger partial charge < -0.3 is 10.0 Å². The Morgan fingerprint density at radius 1 is 1.20 bits per heavy atom. The van der Waals surface area contributed by atoms with Gasteiger partial charge in [0.2, 0.25) is 0 Å². The topological polar surface area (TPSA) is 40.5 Å². The third kappa shape index (κ3) is 2.13. The van der Waals surface area contributed by atoms with Crippen molar-refractivity contribution >= 4 is 22.7 Å². The Balaban J connectivity index is 2.14. The summed E-state index contributed by atoms with van der Waals surface area (Å²) in [5.41, 5.74) is 1.42. The number of phenols is 1. The van der Waals surface area contributed by atoms with Gasteiger partial charge in [-0.1, -0.05) is 31.2 Å². The molecule has 20 heavy (non-hydrogen) atoms. The second-order valence-corrected chi connectivity index (χ2v) is 5.66. The summed E-state index contributed by atoms with van der Waals surface area (Å²) in [7, 11) is 0. The van der Waals surface area contributed by atoms with Crippen molar-refractivity contribution in [3.05, 3.63) is 35.9 Å². The molecule has 0 saturated carbocycles. The first-order valence-electron chi connectivity index (χ1n) is 7.15. The van der Waals surface area contributed by atoms with Crippen molar-refractivity contribution in [2.45, 2.75) is 19.8 Å². The minimum Gasteiger partial charge on any atom is -0.507 e. The van der Waals surface area contributed by atoms with Crippen LogP contribution in [0.1, 0.15) is 30.1 Å². The molecular weight excluding hydrogens is 250 g/mol. The molecule has 1 aliphatic heterocycles. The molecule has 3 nitrogen and oxygen atoms in total. The number of fused-ring (bicyclic) bond motifs is 1. The Morgan fingerprint density at radius 2 is 1.85 bits per heavy atom. The van der Waals surface area contributed by atoms with E-state index in [0.29, 0.717) is 5.56 Å². The summed E-state index contributed by atoms with van der Waals surface area (Å²) < 4.78 is 0. The quantitative estimate of drug-likeness (QED) is 0.847. The zero-order chi connectivity index (χ0) is 14.1. The van der Waals surface area contributed by atoms with Gasteiger partial charge in [-0.15, -0.1) is 0 Å². The van der Waals surface area contributed by atoms with Crippen molar-refractivity contribution in [3.63, 3.8) is 0 Å². The number of anilines is 1. The highest BCUT2D eigenvalue weighted by Crippen LogP contribution is 2.36. The molecule has 2 aromatic carbocycles. The first-order chi connectivity index (χ1) is 9.70. The average Bonchev–Trinajstić information content (AvgIpc) is 2.47. The normalized spacial score (nSPS) is 16.6.